The first-order chi connectivity index (χ1) is 15.1. The molecule has 2 heterocycles. The number of amides is 1. The van der Waals surface area contributed by atoms with Crippen LogP contribution in [0.15, 0.2) is 47.6 Å². The number of thioether (sulfide) groups is 1. The molecule has 162 valence electrons. The molecule has 4 rings (SSSR count). The number of nitrogens with two attached hydrogens (primary N) is 1. The number of nitrogen functional groups attached to an aromatic ring is 1. The summed E-state index contributed by atoms with van der Waals surface area (Å²) < 4.78 is 17.5. The van der Waals surface area contributed by atoms with E-state index in [0.29, 0.717) is 47.9 Å². The Bertz CT molecular complexity index is 1060. The zero-order valence-electron chi connectivity index (χ0n) is 16.8. The third kappa shape index (κ3) is 5.12. The zero-order valence-corrected chi connectivity index (χ0v) is 17.6. The Kier molecular flexibility index (Phi) is 6.32. The summed E-state index contributed by atoms with van der Waals surface area (Å²) >= 11 is 1.20. The van der Waals surface area contributed by atoms with E-state index >= 15 is 0 Å². The summed E-state index contributed by atoms with van der Waals surface area (Å²) in [6, 6.07) is 12.8. The smallest absolute Gasteiger partial charge is 0.234 e. The second-order valence-electron chi connectivity index (χ2n) is 6.55. The molecule has 0 spiro atoms. The van der Waals surface area contributed by atoms with Gasteiger partial charge in [-0.3, -0.25) is 4.79 Å². The number of hydrogen-bond acceptors (Lipinski definition) is 9. The molecular weight excluding hydrogens is 420 g/mol. The summed E-state index contributed by atoms with van der Waals surface area (Å²) in [7, 11) is 1.62. The highest BCUT2D eigenvalue weighted by molar-refractivity contribution is 7.99. The Balaban J connectivity index is 1.28. The number of nitrogens with one attached hydrogen (secondary N) is 2. The lowest BCUT2D eigenvalue weighted by Crippen LogP contribution is -2.19. The topological polar surface area (TPSA) is 126 Å². The molecule has 3 aromatic rings. The molecule has 0 bridgehead atoms. The van der Waals surface area contributed by atoms with E-state index in [0.717, 1.165) is 11.4 Å². The highest BCUT2D eigenvalue weighted by Crippen LogP contribution is 2.32. The zero-order chi connectivity index (χ0) is 21.6. The molecule has 0 atom stereocenters. The van der Waals surface area contributed by atoms with Gasteiger partial charge in [0.2, 0.25) is 11.1 Å². The molecule has 10 nitrogen and oxygen atoms in total. The summed E-state index contributed by atoms with van der Waals surface area (Å²) in [4.78, 5) is 12.3. The number of aromatic nitrogens is 3. The van der Waals surface area contributed by atoms with E-state index in [1.807, 2.05) is 24.3 Å². The van der Waals surface area contributed by atoms with Crippen LogP contribution in [0, 0.1) is 0 Å². The number of carbonyl (C=O) groups is 1. The van der Waals surface area contributed by atoms with E-state index < -0.39 is 0 Å². The average molecular weight is 443 g/mol. The lowest BCUT2D eigenvalue weighted by Gasteiger charge is -2.18. The standard InChI is InChI=1S/C20H22N6O4S/c1-28-15-5-2-13(3-6-15)22-11-18-24-25-20(26(18)21)31-12-19(27)23-14-4-7-16-17(10-14)30-9-8-29-16/h2-7,10,22H,8-9,11-12,21H2,1H3,(H,23,27). The lowest BCUT2D eigenvalue weighted by molar-refractivity contribution is -0.113. The van der Waals surface area contributed by atoms with Crippen molar-refractivity contribution in [2.45, 2.75) is 11.7 Å². The number of nitrogens with zero attached hydrogens (tertiary/aromatic N) is 3. The molecule has 1 aliphatic rings. The Morgan fingerprint density at radius 2 is 1.87 bits per heavy atom. The van der Waals surface area contributed by atoms with Gasteiger partial charge in [-0.25, -0.2) is 4.68 Å². The van der Waals surface area contributed by atoms with Gasteiger partial charge in [0.1, 0.15) is 19.0 Å². The molecule has 1 aliphatic heterocycles. The molecule has 4 N–H and O–H groups in total. The number of methoxy groups -OCH3 is 1. The van der Waals surface area contributed by atoms with Crippen molar-refractivity contribution in [3.8, 4) is 17.2 Å². The van der Waals surface area contributed by atoms with Crippen molar-refractivity contribution in [3.63, 3.8) is 0 Å². The van der Waals surface area contributed by atoms with Crippen LogP contribution in [-0.2, 0) is 11.3 Å². The number of anilines is 2. The SMILES string of the molecule is COc1ccc(NCc2nnc(SCC(=O)Nc3ccc4c(c3)OCCO4)n2N)cc1. The van der Waals surface area contributed by atoms with Gasteiger partial charge in [-0.15, -0.1) is 10.2 Å². The Labute approximate surface area is 183 Å². The predicted octanol–water partition coefficient (Wildman–Crippen LogP) is 2.11. The summed E-state index contributed by atoms with van der Waals surface area (Å²) in [6.07, 6.45) is 0. The molecule has 0 aliphatic carbocycles. The average Bonchev–Trinajstić information content (AvgIpc) is 3.16. The maximum Gasteiger partial charge on any atom is 0.234 e. The van der Waals surface area contributed by atoms with Crippen LogP contribution in [0.25, 0.3) is 0 Å². The van der Waals surface area contributed by atoms with Crippen LogP contribution < -0.4 is 30.7 Å². The highest BCUT2D eigenvalue weighted by Gasteiger charge is 2.15. The van der Waals surface area contributed by atoms with Gasteiger partial charge in [0.05, 0.1) is 19.4 Å². The van der Waals surface area contributed by atoms with E-state index in [1.54, 1.807) is 25.3 Å². The van der Waals surface area contributed by atoms with Gasteiger partial charge >= 0.3 is 0 Å². The maximum absolute atomic E-state index is 12.3. The largest absolute Gasteiger partial charge is 0.497 e. The molecule has 1 aromatic heterocycles. The van der Waals surface area contributed by atoms with Crippen molar-refractivity contribution in [1.29, 1.82) is 0 Å². The van der Waals surface area contributed by atoms with Gasteiger partial charge in [0.15, 0.2) is 17.3 Å². The molecule has 11 heteroatoms. The summed E-state index contributed by atoms with van der Waals surface area (Å²) in [5.41, 5.74) is 1.53. The number of benzene rings is 2. The minimum atomic E-state index is -0.192. The van der Waals surface area contributed by atoms with Crippen molar-refractivity contribution in [2.24, 2.45) is 0 Å². The molecule has 0 saturated heterocycles. The minimum absolute atomic E-state index is 0.135. The third-order valence-electron chi connectivity index (χ3n) is 4.43. The Morgan fingerprint density at radius 3 is 2.65 bits per heavy atom. The Hall–Kier alpha value is -3.60. The summed E-state index contributed by atoms with van der Waals surface area (Å²) in [5, 5.41) is 14.7. The van der Waals surface area contributed by atoms with Gasteiger partial charge in [0.25, 0.3) is 0 Å². The van der Waals surface area contributed by atoms with Crippen LogP contribution in [0.2, 0.25) is 0 Å². The van der Waals surface area contributed by atoms with Crippen LogP contribution >= 0.6 is 11.8 Å². The quantitative estimate of drug-likeness (QED) is 0.355. The molecule has 1 amide bonds. The van der Waals surface area contributed by atoms with E-state index in [4.69, 9.17) is 20.1 Å². The second kappa shape index (κ2) is 9.47. The number of rotatable bonds is 8. The summed E-state index contributed by atoms with van der Waals surface area (Å²) in [5.74, 6) is 8.63. The van der Waals surface area contributed by atoms with Gasteiger partial charge in [-0.05, 0) is 36.4 Å². The fourth-order valence-corrected chi connectivity index (χ4v) is 3.54. The van der Waals surface area contributed by atoms with Crippen molar-refractivity contribution < 1.29 is 19.0 Å². The van der Waals surface area contributed by atoms with Crippen LogP contribution in [0.5, 0.6) is 17.2 Å². The number of ether oxygens (including phenoxy) is 3. The van der Waals surface area contributed by atoms with Gasteiger partial charge in [0, 0.05) is 17.4 Å². The van der Waals surface area contributed by atoms with Crippen molar-refractivity contribution in [2.75, 3.05) is 42.6 Å². The minimum Gasteiger partial charge on any atom is -0.497 e. The fourth-order valence-electron chi connectivity index (χ4n) is 2.86. The van der Waals surface area contributed by atoms with E-state index in [1.165, 1.54) is 16.4 Å². The highest BCUT2D eigenvalue weighted by atomic mass is 32.2. The van der Waals surface area contributed by atoms with Crippen molar-refractivity contribution >= 4 is 29.0 Å². The molecule has 0 saturated carbocycles. The van der Waals surface area contributed by atoms with Crippen molar-refractivity contribution in [1.82, 2.24) is 14.9 Å². The second-order valence-corrected chi connectivity index (χ2v) is 7.49. The number of fused-ring (bicyclic) bond motifs is 1. The van der Waals surface area contributed by atoms with Gasteiger partial charge in [-0.2, -0.15) is 0 Å². The Morgan fingerprint density at radius 1 is 1.13 bits per heavy atom. The van der Waals surface area contributed by atoms with E-state index in [9.17, 15) is 4.79 Å². The fraction of sp³-hybridized carbons (Fsp3) is 0.250. The van der Waals surface area contributed by atoms with Crippen LogP contribution in [-0.4, -0.2) is 46.9 Å². The first-order valence-corrected chi connectivity index (χ1v) is 10.5. The molecule has 0 fully saturated rings. The lowest BCUT2D eigenvalue weighted by atomic mass is 10.2. The molecule has 0 unspecified atom stereocenters. The van der Waals surface area contributed by atoms with E-state index in [-0.39, 0.29) is 11.7 Å². The van der Waals surface area contributed by atoms with Crippen LogP contribution in [0.4, 0.5) is 11.4 Å². The molecule has 0 radical (unpaired) electrons. The first kappa shape index (κ1) is 20.7. The normalized spacial score (nSPS) is 12.3. The summed E-state index contributed by atoms with van der Waals surface area (Å²) in [6.45, 7) is 1.40. The van der Waals surface area contributed by atoms with Gasteiger partial charge in [-0.1, -0.05) is 11.8 Å². The third-order valence-corrected chi connectivity index (χ3v) is 5.38. The number of carbonyl (C=O) groups excluding carboxylic acids is 1. The predicted molar refractivity (Wildman–Crippen MR) is 117 cm³/mol. The maximum atomic E-state index is 12.3. The monoisotopic (exact) mass is 442 g/mol. The molecular formula is C20H22N6O4S. The number of hydrogen-bond donors (Lipinski definition) is 3. The van der Waals surface area contributed by atoms with E-state index in [2.05, 4.69) is 20.8 Å². The van der Waals surface area contributed by atoms with Crippen LogP contribution in [0.3, 0.4) is 0 Å². The van der Waals surface area contributed by atoms with Crippen LogP contribution in [0.1, 0.15) is 5.82 Å². The first-order valence-electron chi connectivity index (χ1n) is 9.52. The van der Waals surface area contributed by atoms with Crippen molar-refractivity contribution in [3.05, 3.63) is 48.3 Å². The van der Waals surface area contributed by atoms with Gasteiger partial charge < -0.3 is 30.7 Å². The molecule has 2 aromatic carbocycles. The molecule has 31 heavy (non-hydrogen) atoms.